The first-order chi connectivity index (χ1) is 13.8. The van der Waals surface area contributed by atoms with Gasteiger partial charge in [-0.15, -0.1) is 0 Å². The lowest BCUT2D eigenvalue weighted by atomic mass is 10.1. The molecule has 0 atom stereocenters. The first-order valence-electron chi connectivity index (χ1n) is 9.03. The minimum atomic E-state index is -0.437. The molecule has 3 aromatic rings. The van der Waals surface area contributed by atoms with Gasteiger partial charge in [-0.1, -0.05) is 26.0 Å². The monoisotopic (exact) mass is 394 g/mol. The molecule has 0 aliphatic heterocycles. The summed E-state index contributed by atoms with van der Waals surface area (Å²) in [7, 11) is 3.83. The summed E-state index contributed by atoms with van der Waals surface area (Å²) < 4.78 is 5.71. The van der Waals surface area contributed by atoms with Crippen molar-refractivity contribution in [2.45, 2.75) is 19.8 Å². The van der Waals surface area contributed by atoms with E-state index in [-0.39, 0.29) is 11.6 Å². The number of benzene rings is 1. The molecule has 1 N–H and O–H groups in total. The molecule has 0 saturated carbocycles. The summed E-state index contributed by atoms with van der Waals surface area (Å²) in [4.78, 5) is 21.4. The lowest BCUT2D eigenvalue weighted by Crippen LogP contribution is -2.13. The quantitative estimate of drug-likeness (QED) is 0.362. The third-order valence-electron chi connectivity index (χ3n) is 4.04. The zero-order valence-corrected chi connectivity index (χ0v) is 16.7. The number of nitro groups is 1. The Bertz CT molecular complexity index is 1020. The fourth-order valence-corrected chi connectivity index (χ4v) is 2.51. The van der Waals surface area contributed by atoms with E-state index in [0.717, 1.165) is 11.6 Å². The van der Waals surface area contributed by atoms with Crippen LogP contribution in [-0.2, 0) is 0 Å². The summed E-state index contributed by atoms with van der Waals surface area (Å²) in [6, 6.07) is 11.6. The van der Waals surface area contributed by atoms with Crippen LogP contribution in [0, 0.1) is 10.1 Å². The lowest BCUT2D eigenvalue weighted by Gasteiger charge is -2.15. The molecule has 0 bridgehead atoms. The molecule has 1 aromatic carbocycles. The van der Waals surface area contributed by atoms with Crippen LogP contribution in [0.4, 0.5) is 17.3 Å². The number of furan rings is 1. The van der Waals surface area contributed by atoms with Crippen molar-refractivity contribution < 1.29 is 9.34 Å². The molecule has 0 spiro atoms. The Morgan fingerprint density at radius 3 is 2.69 bits per heavy atom. The van der Waals surface area contributed by atoms with E-state index in [1.165, 1.54) is 18.3 Å². The number of nitrogens with one attached hydrogen (secondary N) is 1. The zero-order chi connectivity index (χ0) is 21.0. The van der Waals surface area contributed by atoms with Gasteiger partial charge >= 0.3 is 0 Å². The van der Waals surface area contributed by atoms with Gasteiger partial charge in [0.1, 0.15) is 23.2 Å². The smallest absolute Gasteiger partial charge is 0.270 e. The molecule has 3 rings (SSSR count). The van der Waals surface area contributed by atoms with E-state index in [4.69, 9.17) is 4.42 Å². The number of non-ortho nitro benzene ring substituents is 1. The first-order valence-corrected chi connectivity index (χ1v) is 9.03. The van der Waals surface area contributed by atoms with Gasteiger partial charge in [0, 0.05) is 43.8 Å². The van der Waals surface area contributed by atoms with Crippen molar-refractivity contribution >= 4 is 23.5 Å². The molecular weight excluding hydrogens is 372 g/mol. The fourth-order valence-electron chi connectivity index (χ4n) is 2.51. The molecule has 150 valence electrons. The van der Waals surface area contributed by atoms with Gasteiger partial charge in [-0.05, 0) is 12.1 Å². The van der Waals surface area contributed by atoms with Crippen molar-refractivity contribution in [1.82, 2.24) is 9.97 Å². The number of hydrazone groups is 1. The van der Waals surface area contributed by atoms with Crippen LogP contribution in [-0.4, -0.2) is 35.2 Å². The highest BCUT2D eigenvalue weighted by Crippen LogP contribution is 2.25. The topological polar surface area (TPSA) is 110 Å². The number of anilines is 2. The Morgan fingerprint density at radius 1 is 1.21 bits per heavy atom. The van der Waals surface area contributed by atoms with E-state index in [1.54, 1.807) is 30.3 Å². The first kappa shape index (κ1) is 20.0. The molecule has 0 fully saturated rings. The SMILES string of the molecule is CC(C)c1nc(N/N=C\c2ccc(-c3cccc([N+](=O)[O-])c3)o2)cc(N(C)C)n1. The zero-order valence-electron chi connectivity index (χ0n) is 16.7. The van der Waals surface area contributed by atoms with Gasteiger partial charge in [0.15, 0.2) is 5.82 Å². The van der Waals surface area contributed by atoms with E-state index in [2.05, 4.69) is 20.5 Å². The van der Waals surface area contributed by atoms with Gasteiger partial charge in [0.05, 0.1) is 11.1 Å². The van der Waals surface area contributed by atoms with Gasteiger partial charge in [0.25, 0.3) is 5.69 Å². The van der Waals surface area contributed by atoms with Crippen LogP contribution in [0.1, 0.15) is 31.4 Å². The van der Waals surface area contributed by atoms with Crippen LogP contribution >= 0.6 is 0 Å². The number of hydrogen-bond acceptors (Lipinski definition) is 8. The van der Waals surface area contributed by atoms with Gasteiger partial charge in [0.2, 0.25) is 0 Å². The molecule has 9 nitrogen and oxygen atoms in total. The average molecular weight is 394 g/mol. The van der Waals surface area contributed by atoms with Crippen LogP contribution in [0.15, 0.2) is 52.0 Å². The fraction of sp³-hybridized carbons (Fsp3) is 0.250. The van der Waals surface area contributed by atoms with Crippen molar-refractivity contribution in [1.29, 1.82) is 0 Å². The van der Waals surface area contributed by atoms with Crippen LogP contribution in [0.5, 0.6) is 0 Å². The van der Waals surface area contributed by atoms with E-state index in [0.29, 0.717) is 22.9 Å². The maximum Gasteiger partial charge on any atom is 0.270 e. The Labute approximate surface area is 168 Å². The Hall–Kier alpha value is -3.75. The van der Waals surface area contributed by atoms with E-state index < -0.39 is 4.92 Å². The molecule has 0 unspecified atom stereocenters. The number of aromatic nitrogens is 2. The third kappa shape index (κ3) is 4.95. The highest BCUT2D eigenvalue weighted by Gasteiger charge is 2.11. The summed E-state index contributed by atoms with van der Waals surface area (Å²) in [5.41, 5.74) is 3.54. The normalized spacial score (nSPS) is 11.2. The highest BCUT2D eigenvalue weighted by molar-refractivity contribution is 5.78. The van der Waals surface area contributed by atoms with E-state index >= 15 is 0 Å². The van der Waals surface area contributed by atoms with Crippen LogP contribution in [0.25, 0.3) is 11.3 Å². The molecule has 2 aromatic heterocycles. The van der Waals surface area contributed by atoms with Gasteiger partial charge in [-0.25, -0.2) is 9.97 Å². The average Bonchev–Trinajstić information content (AvgIpc) is 3.16. The van der Waals surface area contributed by atoms with Crippen LogP contribution in [0.2, 0.25) is 0 Å². The van der Waals surface area contributed by atoms with Crippen molar-refractivity contribution in [2.75, 3.05) is 24.4 Å². The summed E-state index contributed by atoms with van der Waals surface area (Å²) in [6.45, 7) is 4.06. The summed E-state index contributed by atoms with van der Waals surface area (Å²) in [5, 5.41) is 15.1. The molecule has 0 aliphatic rings. The Kier molecular flexibility index (Phi) is 5.87. The third-order valence-corrected chi connectivity index (χ3v) is 4.04. The lowest BCUT2D eigenvalue weighted by molar-refractivity contribution is -0.384. The number of nitrogens with zero attached hydrogens (tertiary/aromatic N) is 5. The number of rotatable bonds is 7. The Balaban J connectivity index is 1.75. The maximum absolute atomic E-state index is 10.9. The second-order valence-corrected chi connectivity index (χ2v) is 6.90. The molecule has 9 heteroatoms. The second kappa shape index (κ2) is 8.51. The molecule has 0 amide bonds. The second-order valence-electron chi connectivity index (χ2n) is 6.90. The molecule has 0 aliphatic carbocycles. The van der Waals surface area contributed by atoms with Crippen LogP contribution in [0.3, 0.4) is 0 Å². The summed E-state index contributed by atoms with van der Waals surface area (Å²) in [5.74, 6) is 3.29. The van der Waals surface area contributed by atoms with Crippen molar-refractivity contribution in [3.8, 4) is 11.3 Å². The largest absolute Gasteiger partial charge is 0.455 e. The maximum atomic E-state index is 10.9. The van der Waals surface area contributed by atoms with Gasteiger partial charge < -0.3 is 9.32 Å². The number of nitro benzene ring substituents is 1. The summed E-state index contributed by atoms with van der Waals surface area (Å²) >= 11 is 0. The minimum Gasteiger partial charge on any atom is -0.455 e. The van der Waals surface area contributed by atoms with Crippen molar-refractivity contribution in [3.63, 3.8) is 0 Å². The summed E-state index contributed by atoms with van der Waals surface area (Å²) in [6.07, 6.45) is 1.52. The minimum absolute atomic E-state index is 0.0113. The Morgan fingerprint density at radius 2 is 2.00 bits per heavy atom. The van der Waals surface area contributed by atoms with Crippen molar-refractivity contribution in [2.24, 2.45) is 5.10 Å². The van der Waals surface area contributed by atoms with Gasteiger partial charge in [-0.3, -0.25) is 15.5 Å². The standard InChI is InChI=1S/C20H22N6O3/c1-13(2)20-22-18(11-19(23-20)25(3)4)24-21-12-16-8-9-17(29-16)14-6-5-7-15(10-14)26(27)28/h5-13H,1-4H3,(H,22,23,24)/b21-12-. The molecular formula is C20H22N6O3. The van der Waals surface area contributed by atoms with Crippen LogP contribution < -0.4 is 10.3 Å². The predicted octanol–water partition coefficient (Wildman–Crippen LogP) is 4.28. The molecule has 0 radical (unpaired) electrons. The highest BCUT2D eigenvalue weighted by atomic mass is 16.6. The predicted molar refractivity (Wildman–Crippen MR) is 112 cm³/mol. The molecule has 29 heavy (non-hydrogen) atoms. The van der Waals surface area contributed by atoms with Crippen molar-refractivity contribution in [3.05, 3.63) is 64.2 Å². The van der Waals surface area contributed by atoms with E-state index in [9.17, 15) is 10.1 Å². The molecule has 2 heterocycles. The van der Waals surface area contributed by atoms with E-state index in [1.807, 2.05) is 32.8 Å². The van der Waals surface area contributed by atoms with Gasteiger partial charge in [-0.2, -0.15) is 5.10 Å². The molecule has 0 saturated heterocycles. The number of hydrogen-bond donors (Lipinski definition) is 1.